The van der Waals surface area contributed by atoms with Crippen LogP contribution in [0.15, 0.2) is 48.5 Å². The minimum absolute atomic E-state index is 0.0408. The lowest BCUT2D eigenvalue weighted by molar-refractivity contribution is -0.274. The molecule has 2 aromatic rings. The van der Waals surface area contributed by atoms with Crippen LogP contribution in [0.3, 0.4) is 0 Å². The number of imide groups is 1. The number of rotatable bonds is 5. The molecule has 3 rings (SSSR count). The summed E-state index contributed by atoms with van der Waals surface area (Å²) in [5, 5.41) is 2.93. The van der Waals surface area contributed by atoms with E-state index < -0.39 is 47.5 Å². The molecule has 33 heavy (non-hydrogen) atoms. The second-order valence-corrected chi connectivity index (χ2v) is 6.54. The van der Waals surface area contributed by atoms with Crippen LogP contribution in [0.2, 0.25) is 0 Å². The average molecular weight is 477 g/mol. The zero-order chi connectivity index (χ0) is 24.6. The van der Waals surface area contributed by atoms with Crippen LogP contribution in [-0.4, -0.2) is 43.2 Å². The summed E-state index contributed by atoms with van der Waals surface area (Å²) in [4.78, 5) is 37.5. The van der Waals surface area contributed by atoms with Gasteiger partial charge in [-0.15, -0.1) is 13.2 Å². The van der Waals surface area contributed by atoms with Crippen LogP contribution in [0.4, 0.5) is 36.8 Å². The van der Waals surface area contributed by atoms with Crippen molar-refractivity contribution in [2.75, 3.05) is 12.0 Å². The molecule has 1 heterocycles. The van der Waals surface area contributed by atoms with Crippen molar-refractivity contribution in [3.8, 4) is 11.5 Å². The van der Waals surface area contributed by atoms with E-state index in [1.807, 2.05) is 0 Å². The second-order valence-electron chi connectivity index (χ2n) is 6.54. The normalized spacial score (nSPS) is 18.7. The number of hydrogen-bond donors (Lipinski definition) is 2. The Kier molecular flexibility index (Phi) is 5.87. The van der Waals surface area contributed by atoms with Crippen molar-refractivity contribution in [2.24, 2.45) is 0 Å². The highest BCUT2D eigenvalue weighted by molar-refractivity contribution is 6.24. The van der Waals surface area contributed by atoms with Gasteiger partial charge in [0.05, 0.1) is 12.8 Å². The van der Waals surface area contributed by atoms with E-state index in [2.05, 4.69) is 4.74 Å². The Bertz CT molecular complexity index is 1070. The quantitative estimate of drug-likeness (QED) is 0.509. The highest BCUT2D eigenvalue weighted by atomic mass is 19.4. The summed E-state index contributed by atoms with van der Waals surface area (Å²) in [7, 11) is 1.33. The van der Waals surface area contributed by atoms with Gasteiger partial charge in [0.15, 0.2) is 0 Å². The Balaban J connectivity index is 1.91. The average Bonchev–Trinajstić information content (AvgIpc) is 2.98. The summed E-state index contributed by atoms with van der Waals surface area (Å²) >= 11 is 0. The molecular formula is C19H13F6N3O5. The summed E-state index contributed by atoms with van der Waals surface area (Å²) in [6.07, 6.45) is -10.5. The summed E-state index contributed by atoms with van der Waals surface area (Å²) < 4.78 is 87.2. The first kappa shape index (κ1) is 23.7. The maximum atomic E-state index is 13.9. The molecular weight excluding hydrogens is 464 g/mol. The summed E-state index contributed by atoms with van der Waals surface area (Å²) in [6, 6.07) is 6.25. The van der Waals surface area contributed by atoms with Crippen LogP contribution in [-0.2, 0) is 4.79 Å². The van der Waals surface area contributed by atoms with Crippen LogP contribution in [0.1, 0.15) is 10.4 Å². The molecule has 2 aromatic carbocycles. The molecule has 4 amide bonds. The van der Waals surface area contributed by atoms with Gasteiger partial charge in [-0.25, -0.2) is 9.69 Å². The molecule has 1 aliphatic heterocycles. The summed E-state index contributed by atoms with van der Waals surface area (Å²) in [6.45, 7) is 0. The van der Waals surface area contributed by atoms with Crippen molar-refractivity contribution in [1.82, 2.24) is 10.6 Å². The number of amides is 4. The lowest BCUT2D eigenvalue weighted by Gasteiger charge is -2.29. The molecule has 8 nitrogen and oxygen atoms in total. The predicted octanol–water partition coefficient (Wildman–Crippen LogP) is 3.34. The molecule has 2 N–H and O–H groups in total. The molecule has 0 bridgehead atoms. The Hall–Kier alpha value is -3.97. The van der Waals surface area contributed by atoms with E-state index >= 15 is 0 Å². The number of ether oxygens (including phenoxy) is 2. The number of nitrogens with one attached hydrogen (secondary N) is 2. The zero-order valence-electron chi connectivity index (χ0n) is 16.4. The first-order chi connectivity index (χ1) is 15.3. The van der Waals surface area contributed by atoms with Gasteiger partial charge < -0.3 is 14.8 Å². The monoisotopic (exact) mass is 477 g/mol. The van der Waals surface area contributed by atoms with Gasteiger partial charge in [0.25, 0.3) is 17.5 Å². The third-order valence-corrected chi connectivity index (χ3v) is 4.43. The first-order valence-electron chi connectivity index (χ1n) is 8.83. The number of halogens is 6. The molecule has 1 aliphatic rings. The fourth-order valence-corrected chi connectivity index (χ4v) is 2.89. The van der Waals surface area contributed by atoms with Crippen molar-refractivity contribution >= 4 is 23.5 Å². The van der Waals surface area contributed by atoms with E-state index in [9.17, 15) is 40.7 Å². The van der Waals surface area contributed by atoms with Crippen molar-refractivity contribution in [1.29, 1.82) is 0 Å². The number of carbonyl (C=O) groups excluding carboxylic acids is 3. The molecule has 0 unspecified atom stereocenters. The predicted molar refractivity (Wildman–Crippen MR) is 98.4 cm³/mol. The third kappa shape index (κ3) is 4.63. The van der Waals surface area contributed by atoms with Gasteiger partial charge in [-0.1, -0.05) is 0 Å². The van der Waals surface area contributed by atoms with Crippen molar-refractivity contribution in [3.63, 3.8) is 0 Å². The van der Waals surface area contributed by atoms with Crippen LogP contribution < -0.4 is 25.0 Å². The molecule has 176 valence electrons. The highest BCUT2D eigenvalue weighted by Gasteiger charge is 2.69. The smallest absolute Gasteiger partial charge is 0.497 e. The number of carbonyl (C=O) groups is 3. The number of methoxy groups -OCH3 is 1. The van der Waals surface area contributed by atoms with Gasteiger partial charge in [-0.2, -0.15) is 13.2 Å². The topological polar surface area (TPSA) is 97.0 Å². The molecule has 1 atom stereocenters. The standard InChI is InChI=1S/C19H13F6N3O5/c1-32-12-6-2-10(3-7-12)14(29)26-17(18(20,21)22)15(30)28(16(31)27-17)11-4-8-13(9-5-11)33-19(23,24)25/h2-9H,1H3,(H,26,29)(H,27,31)/t17-/m0/s1. The third-order valence-electron chi connectivity index (χ3n) is 4.43. The van der Waals surface area contributed by atoms with Crippen molar-refractivity contribution in [3.05, 3.63) is 54.1 Å². The molecule has 0 aromatic heterocycles. The number of benzene rings is 2. The van der Waals surface area contributed by atoms with Gasteiger partial charge >= 0.3 is 18.6 Å². The number of nitrogens with zero attached hydrogens (tertiary/aromatic N) is 1. The second kappa shape index (κ2) is 8.18. The largest absolute Gasteiger partial charge is 0.573 e. The minimum atomic E-state index is -5.48. The molecule has 14 heteroatoms. The maximum absolute atomic E-state index is 13.9. The van der Waals surface area contributed by atoms with E-state index in [-0.39, 0.29) is 10.5 Å². The number of alkyl halides is 6. The SMILES string of the molecule is COc1ccc(C(=O)N[C@]2(C(F)(F)F)NC(=O)N(c3ccc(OC(F)(F)F)cc3)C2=O)cc1. The summed E-state index contributed by atoms with van der Waals surface area (Å²) in [5.74, 6) is -3.66. The lowest BCUT2D eigenvalue weighted by atomic mass is 10.1. The first-order valence-corrected chi connectivity index (χ1v) is 8.83. The molecule has 0 saturated carbocycles. The molecule has 0 radical (unpaired) electrons. The molecule has 1 fully saturated rings. The molecule has 0 aliphatic carbocycles. The Morgan fingerprint density at radius 3 is 1.97 bits per heavy atom. The van der Waals surface area contributed by atoms with Crippen LogP contribution in [0, 0.1) is 0 Å². The van der Waals surface area contributed by atoms with Gasteiger partial charge in [0.1, 0.15) is 11.5 Å². The van der Waals surface area contributed by atoms with E-state index in [0.29, 0.717) is 17.9 Å². The maximum Gasteiger partial charge on any atom is 0.573 e. The van der Waals surface area contributed by atoms with Gasteiger partial charge in [-0.05, 0) is 48.5 Å². The fourth-order valence-electron chi connectivity index (χ4n) is 2.89. The zero-order valence-corrected chi connectivity index (χ0v) is 16.4. The van der Waals surface area contributed by atoms with E-state index in [1.54, 1.807) is 0 Å². The van der Waals surface area contributed by atoms with Gasteiger partial charge in [0, 0.05) is 5.56 Å². The van der Waals surface area contributed by atoms with Crippen LogP contribution >= 0.6 is 0 Å². The van der Waals surface area contributed by atoms with Gasteiger partial charge in [0.2, 0.25) is 0 Å². The lowest BCUT2D eigenvalue weighted by Crippen LogP contribution is -2.69. The Morgan fingerprint density at radius 2 is 1.48 bits per heavy atom. The van der Waals surface area contributed by atoms with E-state index in [0.717, 1.165) is 24.3 Å². The molecule has 0 spiro atoms. The van der Waals surface area contributed by atoms with E-state index in [1.165, 1.54) is 29.9 Å². The van der Waals surface area contributed by atoms with E-state index in [4.69, 9.17) is 4.74 Å². The minimum Gasteiger partial charge on any atom is -0.497 e. The Labute approximate surface area is 181 Å². The fraction of sp³-hybridized carbons (Fsp3) is 0.211. The highest BCUT2D eigenvalue weighted by Crippen LogP contribution is 2.36. The number of urea groups is 1. The summed E-state index contributed by atoms with van der Waals surface area (Å²) in [5.41, 5.74) is -4.58. The van der Waals surface area contributed by atoms with Crippen molar-refractivity contribution in [2.45, 2.75) is 18.2 Å². The number of hydrogen-bond acceptors (Lipinski definition) is 5. The van der Waals surface area contributed by atoms with Crippen LogP contribution in [0.25, 0.3) is 0 Å². The van der Waals surface area contributed by atoms with Crippen LogP contribution in [0.5, 0.6) is 11.5 Å². The Morgan fingerprint density at radius 1 is 0.939 bits per heavy atom. The molecule has 1 saturated heterocycles. The van der Waals surface area contributed by atoms with Crippen molar-refractivity contribution < 1.29 is 50.2 Å². The van der Waals surface area contributed by atoms with Gasteiger partial charge in [-0.3, -0.25) is 14.9 Å². The number of anilines is 1.